The highest BCUT2D eigenvalue weighted by atomic mass is 16.6. The fraction of sp³-hybridized carbons (Fsp3) is 0.550. The number of carboxylic acids is 1. The van der Waals surface area contributed by atoms with Gasteiger partial charge in [-0.2, -0.15) is 0 Å². The van der Waals surface area contributed by atoms with Crippen molar-refractivity contribution >= 4 is 28.8 Å². The van der Waals surface area contributed by atoms with Crippen molar-refractivity contribution in [1.82, 2.24) is 14.9 Å². The zero-order valence-corrected chi connectivity index (χ0v) is 16.4. The molecule has 2 fully saturated rings. The first-order valence-electron chi connectivity index (χ1n) is 9.70. The van der Waals surface area contributed by atoms with E-state index in [-0.39, 0.29) is 29.8 Å². The molecule has 4 rings (SSSR count). The van der Waals surface area contributed by atoms with E-state index in [2.05, 4.69) is 15.3 Å². The smallest absolute Gasteiger partial charge is 0.410 e. The Morgan fingerprint density at radius 1 is 1.29 bits per heavy atom. The number of nitrogens with zero attached hydrogens (tertiary/aromatic N) is 2. The lowest BCUT2D eigenvalue weighted by molar-refractivity contribution is 0.00683. The molecule has 1 unspecified atom stereocenters. The summed E-state index contributed by atoms with van der Waals surface area (Å²) in [5.74, 6) is -1.01. The number of carbonyl (C=O) groups is 2. The van der Waals surface area contributed by atoms with Crippen molar-refractivity contribution in [2.24, 2.45) is 0 Å². The number of pyridine rings is 1. The van der Waals surface area contributed by atoms with Crippen LogP contribution in [0, 0.1) is 0 Å². The molecular weight excluding hydrogens is 360 g/mol. The van der Waals surface area contributed by atoms with Crippen LogP contribution in [0.1, 0.15) is 56.8 Å². The lowest BCUT2D eigenvalue weighted by Gasteiger charge is -2.40. The monoisotopic (exact) mass is 386 g/mol. The van der Waals surface area contributed by atoms with Crippen molar-refractivity contribution in [2.45, 2.75) is 70.2 Å². The molecule has 0 spiro atoms. The minimum atomic E-state index is -1.01. The van der Waals surface area contributed by atoms with E-state index in [1.54, 1.807) is 6.20 Å². The number of ether oxygens (including phenoxy) is 1. The summed E-state index contributed by atoms with van der Waals surface area (Å²) >= 11 is 0. The van der Waals surface area contributed by atoms with Gasteiger partial charge in [-0.1, -0.05) is 0 Å². The standard InChI is InChI=1S/C20H26N4O4/c1-20(2,3)28-19(27)24-12-4-5-13(24)9-11(8-12)23-16-14-6-7-21-17(14)22-10-15(16)18(25)26/h6-7,10-13H,4-5,8-9H2,1-3H3,(H,25,26)(H2,21,22,23)/t11?,12-,13+. The van der Waals surface area contributed by atoms with E-state index in [0.717, 1.165) is 31.1 Å². The second-order valence-corrected chi connectivity index (χ2v) is 8.68. The van der Waals surface area contributed by atoms with Crippen molar-refractivity contribution in [3.63, 3.8) is 0 Å². The first-order chi connectivity index (χ1) is 13.2. The van der Waals surface area contributed by atoms with Gasteiger partial charge in [-0.25, -0.2) is 14.6 Å². The number of rotatable bonds is 3. The van der Waals surface area contributed by atoms with Crippen LogP contribution in [0.25, 0.3) is 11.0 Å². The number of H-pyrrole nitrogens is 1. The number of hydrogen-bond donors (Lipinski definition) is 3. The van der Waals surface area contributed by atoms with Crippen molar-refractivity contribution in [3.05, 3.63) is 24.0 Å². The number of amides is 1. The number of aromatic carboxylic acids is 1. The molecule has 2 aromatic rings. The van der Waals surface area contributed by atoms with Crippen molar-refractivity contribution in [2.75, 3.05) is 5.32 Å². The zero-order chi connectivity index (χ0) is 20.1. The third-order valence-electron chi connectivity index (χ3n) is 5.50. The van der Waals surface area contributed by atoms with E-state index in [0.29, 0.717) is 11.3 Å². The number of fused-ring (bicyclic) bond motifs is 3. The number of nitrogens with one attached hydrogen (secondary N) is 2. The normalized spacial score (nSPS) is 24.4. The predicted octanol–water partition coefficient (Wildman–Crippen LogP) is 3.60. The molecule has 4 heterocycles. The average Bonchev–Trinajstić information content (AvgIpc) is 3.16. The molecule has 150 valence electrons. The minimum Gasteiger partial charge on any atom is -0.478 e. The molecule has 2 aliphatic heterocycles. The highest BCUT2D eigenvalue weighted by molar-refractivity contribution is 6.03. The Hall–Kier alpha value is -2.77. The number of piperidine rings is 1. The molecule has 2 aliphatic rings. The summed E-state index contributed by atoms with van der Waals surface area (Å²) in [7, 11) is 0. The van der Waals surface area contributed by atoms with Gasteiger partial charge in [0, 0.05) is 35.9 Å². The lowest BCUT2D eigenvalue weighted by Crippen LogP contribution is -2.51. The van der Waals surface area contributed by atoms with Crippen LogP contribution in [0.3, 0.4) is 0 Å². The molecule has 8 heteroatoms. The molecule has 0 aromatic carbocycles. The van der Waals surface area contributed by atoms with E-state index >= 15 is 0 Å². The molecule has 28 heavy (non-hydrogen) atoms. The second-order valence-electron chi connectivity index (χ2n) is 8.68. The molecule has 8 nitrogen and oxygen atoms in total. The van der Waals surface area contributed by atoms with Gasteiger partial charge < -0.3 is 25.0 Å². The van der Waals surface area contributed by atoms with Gasteiger partial charge in [-0.15, -0.1) is 0 Å². The largest absolute Gasteiger partial charge is 0.478 e. The minimum absolute atomic E-state index is 0.0924. The van der Waals surface area contributed by atoms with Crippen LogP contribution in [0.2, 0.25) is 0 Å². The van der Waals surface area contributed by atoms with Gasteiger partial charge in [-0.3, -0.25) is 0 Å². The van der Waals surface area contributed by atoms with E-state index in [4.69, 9.17) is 4.74 Å². The van der Waals surface area contributed by atoms with Gasteiger partial charge in [0.2, 0.25) is 0 Å². The van der Waals surface area contributed by atoms with Crippen molar-refractivity contribution in [3.8, 4) is 0 Å². The summed E-state index contributed by atoms with van der Waals surface area (Å²) in [6.07, 6.45) is 6.32. The summed E-state index contributed by atoms with van der Waals surface area (Å²) in [5, 5.41) is 13.8. The highest BCUT2D eigenvalue weighted by Gasteiger charge is 2.45. The zero-order valence-electron chi connectivity index (χ0n) is 16.4. The predicted molar refractivity (Wildman–Crippen MR) is 105 cm³/mol. The maximum absolute atomic E-state index is 12.6. The first kappa shape index (κ1) is 18.6. The fourth-order valence-electron chi connectivity index (χ4n) is 4.44. The Morgan fingerprint density at radius 3 is 2.57 bits per heavy atom. The van der Waals surface area contributed by atoms with Gasteiger partial charge >= 0.3 is 12.1 Å². The van der Waals surface area contributed by atoms with Crippen molar-refractivity contribution in [1.29, 1.82) is 0 Å². The van der Waals surface area contributed by atoms with Gasteiger partial charge in [0.05, 0.1) is 5.69 Å². The number of carboxylic acid groups (broad SMARTS) is 1. The first-order valence-corrected chi connectivity index (χ1v) is 9.70. The third-order valence-corrected chi connectivity index (χ3v) is 5.50. The molecule has 3 atom stereocenters. The summed E-state index contributed by atoms with van der Waals surface area (Å²) < 4.78 is 5.59. The summed E-state index contributed by atoms with van der Waals surface area (Å²) in [6, 6.07) is 2.15. The number of aromatic amines is 1. The summed E-state index contributed by atoms with van der Waals surface area (Å²) in [4.78, 5) is 33.4. The molecule has 2 bridgehead atoms. The Bertz CT molecular complexity index is 903. The molecule has 2 saturated heterocycles. The lowest BCUT2D eigenvalue weighted by atomic mass is 9.97. The van der Waals surface area contributed by atoms with Gasteiger partial charge in [0.1, 0.15) is 16.8 Å². The second kappa shape index (κ2) is 6.68. The quantitative estimate of drug-likeness (QED) is 0.744. The topological polar surface area (TPSA) is 108 Å². The van der Waals surface area contributed by atoms with E-state index < -0.39 is 11.6 Å². The Morgan fingerprint density at radius 2 is 1.96 bits per heavy atom. The Balaban J connectivity index is 1.54. The van der Waals surface area contributed by atoms with E-state index in [1.165, 1.54) is 6.20 Å². The molecule has 1 amide bonds. The maximum atomic E-state index is 12.6. The van der Waals surface area contributed by atoms with Gasteiger partial charge in [0.25, 0.3) is 0 Å². The van der Waals surface area contributed by atoms with Crippen molar-refractivity contribution < 1.29 is 19.4 Å². The SMILES string of the molecule is CC(C)(C)OC(=O)N1[C@@H]2CC[C@H]1CC(Nc1c(C(=O)O)cnc3[nH]ccc13)C2. The molecule has 0 radical (unpaired) electrons. The molecule has 0 saturated carbocycles. The number of aromatic nitrogens is 2. The third kappa shape index (κ3) is 3.39. The fourth-order valence-corrected chi connectivity index (χ4v) is 4.44. The molecule has 3 N–H and O–H groups in total. The molecular formula is C20H26N4O4. The summed E-state index contributed by atoms with van der Waals surface area (Å²) in [6.45, 7) is 5.63. The summed E-state index contributed by atoms with van der Waals surface area (Å²) in [5.41, 5.74) is 0.892. The molecule has 0 aliphatic carbocycles. The Kier molecular flexibility index (Phi) is 4.44. The molecule has 2 aromatic heterocycles. The van der Waals surface area contributed by atoms with Crippen LogP contribution in [0.5, 0.6) is 0 Å². The van der Waals surface area contributed by atoms with Crippen LogP contribution in [-0.2, 0) is 4.74 Å². The average molecular weight is 386 g/mol. The number of anilines is 1. The van der Waals surface area contributed by atoms with Crippen LogP contribution in [-0.4, -0.2) is 55.8 Å². The van der Waals surface area contributed by atoms with E-state index in [9.17, 15) is 14.7 Å². The van der Waals surface area contributed by atoms with E-state index in [1.807, 2.05) is 31.7 Å². The highest BCUT2D eigenvalue weighted by Crippen LogP contribution is 2.39. The number of hydrogen-bond acceptors (Lipinski definition) is 5. The van der Waals surface area contributed by atoms with Crippen LogP contribution in [0.15, 0.2) is 18.5 Å². The van der Waals surface area contributed by atoms with Crippen LogP contribution in [0.4, 0.5) is 10.5 Å². The van der Waals surface area contributed by atoms with Gasteiger partial charge in [-0.05, 0) is 52.5 Å². The van der Waals surface area contributed by atoms with Crippen LogP contribution >= 0.6 is 0 Å². The Labute approximate surface area is 163 Å². The maximum Gasteiger partial charge on any atom is 0.410 e. The van der Waals surface area contributed by atoms with Crippen LogP contribution < -0.4 is 5.32 Å². The van der Waals surface area contributed by atoms with Gasteiger partial charge in [0.15, 0.2) is 0 Å². The number of carbonyl (C=O) groups excluding carboxylic acids is 1.